The summed E-state index contributed by atoms with van der Waals surface area (Å²) in [5, 5.41) is 2.46. The first kappa shape index (κ1) is 26.3. The second kappa shape index (κ2) is 11.2. The summed E-state index contributed by atoms with van der Waals surface area (Å²) < 4.78 is 10.4. The molecule has 1 N–H and O–H groups in total. The molecule has 8 nitrogen and oxygen atoms in total. The number of hydrogen-bond donors (Lipinski definition) is 1. The second-order valence-electron chi connectivity index (χ2n) is 8.10. The quantitative estimate of drug-likeness (QED) is 0.400. The topological polar surface area (TPSA) is 88.2 Å². The molecule has 178 valence electrons. The number of likely N-dealkylation sites (N-methyl/N-ethyl adjacent to an activating group) is 1. The number of thioether (sulfide) groups is 1. The van der Waals surface area contributed by atoms with Crippen molar-refractivity contribution in [3.05, 3.63) is 30.3 Å². The Morgan fingerprint density at radius 2 is 1.84 bits per heavy atom. The number of esters is 1. The predicted molar refractivity (Wildman–Crippen MR) is 126 cm³/mol. The summed E-state index contributed by atoms with van der Waals surface area (Å²) in [6.07, 6.45) is 0. The first-order chi connectivity index (χ1) is 14.8. The van der Waals surface area contributed by atoms with Crippen LogP contribution in [-0.2, 0) is 19.1 Å². The third kappa shape index (κ3) is 5.68. The van der Waals surface area contributed by atoms with Gasteiger partial charge in [-0.05, 0) is 39.1 Å². The number of halogens is 1. The van der Waals surface area contributed by atoms with Gasteiger partial charge in [0.1, 0.15) is 29.8 Å². The van der Waals surface area contributed by atoms with Crippen molar-refractivity contribution in [1.82, 2.24) is 15.1 Å². The highest BCUT2D eigenvalue weighted by atomic mass is 35.5. The lowest BCUT2D eigenvalue weighted by Crippen LogP contribution is -2.71. The molecule has 2 amide bonds. The Hall–Kier alpha value is -1.97. The van der Waals surface area contributed by atoms with Crippen LogP contribution >= 0.6 is 24.2 Å². The Kier molecular flexibility index (Phi) is 9.24. The fraction of sp³-hybridized carbons (Fsp3) is 0.591. The maximum Gasteiger partial charge on any atom is 0.330 e. The van der Waals surface area contributed by atoms with E-state index in [2.05, 4.69) is 24.1 Å². The van der Waals surface area contributed by atoms with E-state index in [1.165, 1.54) is 11.8 Å². The summed E-state index contributed by atoms with van der Waals surface area (Å²) in [7, 11) is 0. The van der Waals surface area contributed by atoms with E-state index in [1.54, 1.807) is 17.0 Å². The number of carbonyl (C=O) groups is 3. The van der Waals surface area contributed by atoms with Crippen LogP contribution in [0, 0.1) is 0 Å². The lowest BCUT2D eigenvalue weighted by molar-refractivity contribution is -0.164. The second-order valence-corrected chi connectivity index (χ2v) is 9.87. The molecule has 3 atom stereocenters. The van der Waals surface area contributed by atoms with Gasteiger partial charge in [0.25, 0.3) is 5.91 Å². The number of fused-ring (bicyclic) bond motifs is 1. The van der Waals surface area contributed by atoms with Crippen molar-refractivity contribution in [2.75, 3.05) is 32.8 Å². The number of hydrogen-bond acceptors (Lipinski definition) is 7. The lowest BCUT2D eigenvalue weighted by atomic mass is 9.96. The van der Waals surface area contributed by atoms with Crippen LogP contribution < -0.4 is 10.1 Å². The van der Waals surface area contributed by atoms with Gasteiger partial charge in [0, 0.05) is 11.3 Å². The molecule has 2 aliphatic heterocycles. The highest BCUT2D eigenvalue weighted by Gasteiger charge is 2.64. The largest absolute Gasteiger partial charge is 0.484 e. The molecular weight excluding hydrogens is 454 g/mol. The number of nitrogens with one attached hydrogen (secondary N) is 1. The number of rotatable bonds is 10. The number of para-hydroxylation sites is 1. The fourth-order valence-corrected chi connectivity index (χ4v) is 5.52. The maximum atomic E-state index is 12.8. The van der Waals surface area contributed by atoms with Crippen LogP contribution in [0.2, 0.25) is 0 Å². The fourth-order valence-electron chi connectivity index (χ4n) is 3.90. The maximum absolute atomic E-state index is 12.8. The van der Waals surface area contributed by atoms with Gasteiger partial charge in [-0.1, -0.05) is 32.0 Å². The smallest absolute Gasteiger partial charge is 0.330 e. The van der Waals surface area contributed by atoms with Crippen molar-refractivity contribution in [2.45, 2.75) is 49.9 Å². The monoisotopic (exact) mass is 485 g/mol. The van der Waals surface area contributed by atoms with Crippen LogP contribution in [0.4, 0.5) is 0 Å². The number of nitrogens with zero attached hydrogens (tertiary/aromatic N) is 2. The van der Waals surface area contributed by atoms with Gasteiger partial charge in [-0.3, -0.25) is 9.59 Å². The number of β-lactam (4-membered cyclic amide) rings is 1. The van der Waals surface area contributed by atoms with Crippen LogP contribution in [0.25, 0.3) is 0 Å². The summed E-state index contributed by atoms with van der Waals surface area (Å²) in [6.45, 7) is 10.5. The standard InChI is InChI=1S/C22H31N3O5S.ClH/c1-5-24(6-2)12-13-29-21(28)18-22(3,4)31-20-17(19(27)25(18)20)23-16(26)14-30-15-10-8-7-9-11-15;/h7-11,17-18,20H,5-6,12-14H2,1-4H3,(H,23,26);1H/t17-,18+,20-;/m1./s1. The highest BCUT2D eigenvalue weighted by Crippen LogP contribution is 2.51. The Labute approximate surface area is 199 Å². The first-order valence-electron chi connectivity index (χ1n) is 10.6. The number of benzene rings is 1. The van der Waals surface area contributed by atoms with E-state index in [4.69, 9.17) is 9.47 Å². The van der Waals surface area contributed by atoms with Gasteiger partial charge in [0.15, 0.2) is 6.61 Å². The minimum Gasteiger partial charge on any atom is -0.484 e. The molecule has 3 rings (SSSR count). The van der Waals surface area contributed by atoms with Crippen molar-refractivity contribution in [2.24, 2.45) is 0 Å². The van der Waals surface area contributed by atoms with Crippen LogP contribution in [0.3, 0.4) is 0 Å². The third-order valence-corrected chi connectivity index (χ3v) is 7.21. The molecule has 10 heteroatoms. The molecule has 0 bridgehead atoms. The van der Waals surface area contributed by atoms with Crippen LogP contribution in [-0.4, -0.2) is 82.6 Å². The first-order valence-corrected chi connectivity index (χ1v) is 11.5. The molecule has 2 heterocycles. The molecule has 0 aromatic heterocycles. The molecule has 2 saturated heterocycles. The number of carbonyl (C=O) groups excluding carboxylic acids is 3. The summed E-state index contributed by atoms with van der Waals surface area (Å²) >= 11 is 1.51. The van der Waals surface area contributed by atoms with Crippen LogP contribution in [0.1, 0.15) is 27.7 Å². The Bertz CT molecular complexity index is 806. The van der Waals surface area contributed by atoms with Gasteiger partial charge in [-0.2, -0.15) is 0 Å². The minimum absolute atomic E-state index is 0. The van der Waals surface area contributed by atoms with Crippen LogP contribution in [0.15, 0.2) is 30.3 Å². The van der Waals surface area contributed by atoms with Gasteiger partial charge >= 0.3 is 5.97 Å². The van der Waals surface area contributed by atoms with Crippen molar-refractivity contribution in [3.63, 3.8) is 0 Å². The molecule has 0 spiro atoms. The molecule has 0 radical (unpaired) electrons. The van der Waals surface area contributed by atoms with E-state index in [9.17, 15) is 14.4 Å². The summed E-state index contributed by atoms with van der Waals surface area (Å²) in [6, 6.07) is 7.69. The van der Waals surface area contributed by atoms with E-state index in [0.717, 1.165) is 13.1 Å². The average Bonchev–Trinajstić information content (AvgIpc) is 3.02. The molecule has 0 unspecified atom stereocenters. The molecular formula is C22H32ClN3O5S. The van der Waals surface area contributed by atoms with Crippen molar-refractivity contribution in [1.29, 1.82) is 0 Å². The molecule has 32 heavy (non-hydrogen) atoms. The predicted octanol–water partition coefficient (Wildman–Crippen LogP) is 1.92. The van der Waals surface area contributed by atoms with E-state index in [1.807, 2.05) is 32.0 Å². The van der Waals surface area contributed by atoms with E-state index in [-0.39, 0.29) is 36.2 Å². The zero-order valence-electron chi connectivity index (χ0n) is 18.9. The van der Waals surface area contributed by atoms with Gasteiger partial charge in [-0.15, -0.1) is 24.2 Å². The lowest BCUT2D eigenvalue weighted by Gasteiger charge is -2.43. The van der Waals surface area contributed by atoms with E-state index >= 15 is 0 Å². The molecule has 2 aliphatic rings. The minimum atomic E-state index is -0.666. The molecule has 2 fully saturated rings. The van der Waals surface area contributed by atoms with Crippen LogP contribution in [0.5, 0.6) is 5.75 Å². The Balaban J connectivity index is 0.00000363. The zero-order chi connectivity index (χ0) is 22.6. The third-order valence-electron chi connectivity index (χ3n) is 5.64. The summed E-state index contributed by atoms with van der Waals surface area (Å²) in [4.78, 5) is 41.6. The van der Waals surface area contributed by atoms with Crippen molar-refractivity contribution < 1.29 is 23.9 Å². The SMILES string of the molecule is CCN(CC)CCOC(=O)[C@@H]1N2C(=O)[C@@H](NC(=O)COc3ccccc3)[C@H]2SC1(C)C.Cl. The highest BCUT2D eigenvalue weighted by molar-refractivity contribution is 8.01. The van der Waals surface area contributed by atoms with E-state index < -0.39 is 22.8 Å². The molecule has 1 aromatic rings. The normalized spacial score (nSPS) is 23.1. The van der Waals surface area contributed by atoms with Gasteiger partial charge in [0.2, 0.25) is 5.91 Å². The zero-order valence-corrected chi connectivity index (χ0v) is 20.5. The van der Waals surface area contributed by atoms with Crippen molar-refractivity contribution >= 4 is 42.0 Å². The van der Waals surface area contributed by atoms with E-state index in [0.29, 0.717) is 18.9 Å². The molecule has 1 aromatic carbocycles. The van der Waals surface area contributed by atoms with Crippen molar-refractivity contribution in [3.8, 4) is 5.75 Å². The van der Waals surface area contributed by atoms with Gasteiger partial charge < -0.3 is 24.6 Å². The Morgan fingerprint density at radius 3 is 2.47 bits per heavy atom. The van der Waals surface area contributed by atoms with Gasteiger partial charge in [-0.25, -0.2) is 4.79 Å². The van der Waals surface area contributed by atoms with Gasteiger partial charge in [0.05, 0.1) is 0 Å². The number of amides is 2. The molecule has 0 saturated carbocycles. The summed E-state index contributed by atoms with van der Waals surface area (Å²) in [5.74, 6) is -0.437. The molecule has 0 aliphatic carbocycles. The number of ether oxygens (including phenoxy) is 2. The average molecular weight is 486 g/mol. The Morgan fingerprint density at radius 1 is 1.19 bits per heavy atom. The summed E-state index contributed by atoms with van der Waals surface area (Å²) in [5.41, 5.74) is 0.